The Kier molecular flexibility index (Phi) is 4.16. The highest BCUT2D eigenvalue weighted by Gasteiger charge is 2.48. The lowest BCUT2D eigenvalue weighted by Gasteiger charge is -2.53. The first kappa shape index (κ1) is 14.8. The molecule has 0 aromatic heterocycles. The van der Waals surface area contributed by atoms with Crippen LogP contribution in [0.5, 0.6) is 0 Å². The molecule has 3 fully saturated rings. The van der Waals surface area contributed by atoms with Crippen LogP contribution in [0.4, 0.5) is 0 Å². The summed E-state index contributed by atoms with van der Waals surface area (Å²) in [5, 5.41) is 0. The van der Waals surface area contributed by atoms with E-state index in [2.05, 4.69) is 13.8 Å². The summed E-state index contributed by atoms with van der Waals surface area (Å²) < 4.78 is 6.27. The largest absolute Gasteiger partial charge is 0.375 e. The van der Waals surface area contributed by atoms with E-state index in [0.29, 0.717) is 11.8 Å². The summed E-state index contributed by atoms with van der Waals surface area (Å²) in [4.78, 5) is 0. The highest BCUT2D eigenvalue weighted by atomic mass is 16.5. The molecular formula is C18H33NO. The minimum absolute atomic E-state index is 0.0841. The monoisotopic (exact) mass is 279 g/mol. The highest BCUT2D eigenvalue weighted by molar-refractivity contribution is 5.03. The summed E-state index contributed by atoms with van der Waals surface area (Å²) in [6.07, 6.45) is 13.0. The van der Waals surface area contributed by atoms with Crippen LogP contribution in [0.2, 0.25) is 0 Å². The summed E-state index contributed by atoms with van der Waals surface area (Å²) in [6, 6.07) is 0. The van der Waals surface area contributed by atoms with E-state index < -0.39 is 0 Å². The first-order valence-electron chi connectivity index (χ1n) is 8.97. The number of hydrogen-bond acceptors (Lipinski definition) is 2. The molecule has 2 nitrogen and oxygen atoms in total. The predicted molar refractivity (Wildman–Crippen MR) is 83.6 cm³/mol. The molecule has 2 N–H and O–H groups in total. The van der Waals surface area contributed by atoms with Crippen molar-refractivity contribution >= 4 is 0 Å². The Labute approximate surface area is 124 Å². The molecule has 1 heterocycles. The van der Waals surface area contributed by atoms with Crippen LogP contribution in [-0.4, -0.2) is 17.7 Å². The molecule has 2 saturated carbocycles. The second kappa shape index (κ2) is 5.61. The van der Waals surface area contributed by atoms with E-state index in [9.17, 15) is 0 Å². The van der Waals surface area contributed by atoms with Crippen LogP contribution in [0.1, 0.15) is 78.1 Å². The topological polar surface area (TPSA) is 35.2 Å². The molecule has 3 rings (SSSR count). The molecule has 3 aliphatic rings. The van der Waals surface area contributed by atoms with Crippen LogP contribution < -0.4 is 5.73 Å². The summed E-state index contributed by atoms with van der Waals surface area (Å²) in [5.41, 5.74) is 7.26. The third-order valence-corrected chi connectivity index (χ3v) is 6.76. The van der Waals surface area contributed by atoms with Gasteiger partial charge in [0.2, 0.25) is 0 Å². The van der Waals surface area contributed by atoms with Gasteiger partial charge < -0.3 is 10.5 Å². The van der Waals surface area contributed by atoms with Crippen LogP contribution in [0, 0.1) is 17.8 Å². The second-order valence-electron chi connectivity index (χ2n) is 8.17. The van der Waals surface area contributed by atoms with E-state index in [1.54, 1.807) is 0 Å². The van der Waals surface area contributed by atoms with Crippen LogP contribution in [0.15, 0.2) is 0 Å². The van der Waals surface area contributed by atoms with E-state index >= 15 is 0 Å². The Bertz CT molecular complexity index is 331. The molecule has 2 aliphatic carbocycles. The molecule has 4 unspecified atom stereocenters. The fourth-order valence-electron chi connectivity index (χ4n) is 5.32. The van der Waals surface area contributed by atoms with E-state index in [4.69, 9.17) is 10.5 Å². The quantitative estimate of drug-likeness (QED) is 0.778. The van der Waals surface area contributed by atoms with E-state index in [1.165, 1.54) is 64.2 Å². The Balaban J connectivity index is 1.72. The smallest absolute Gasteiger partial charge is 0.0685 e. The number of rotatable bonds is 1. The van der Waals surface area contributed by atoms with Gasteiger partial charge in [-0.25, -0.2) is 0 Å². The second-order valence-corrected chi connectivity index (χ2v) is 8.17. The SMILES string of the molecule is CC1CCC(N)(C2CCOC3(CCCCC3)C2)C(C)C1. The maximum absolute atomic E-state index is 6.97. The molecule has 2 heteroatoms. The van der Waals surface area contributed by atoms with Gasteiger partial charge in [0.25, 0.3) is 0 Å². The minimum atomic E-state index is 0.0841. The predicted octanol–water partition coefficient (Wildman–Crippen LogP) is 4.27. The van der Waals surface area contributed by atoms with Gasteiger partial charge in [0.15, 0.2) is 0 Å². The molecule has 0 radical (unpaired) electrons. The highest BCUT2D eigenvalue weighted by Crippen LogP contribution is 2.48. The van der Waals surface area contributed by atoms with Gasteiger partial charge in [-0.2, -0.15) is 0 Å². The fourth-order valence-corrected chi connectivity index (χ4v) is 5.32. The van der Waals surface area contributed by atoms with Crippen LogP contribution in [-0.2, 0) is 4.74 Å². The van der Waals surface area contributed by atoms with Gasteiger partial charge in [0.05, 0.1) is 5.60 Å². The zero-order chi connectivity index (χ0) is 14.2. The van der Waals surface area contributed by atoms with Crippen molar-refractivity contribution in [3.8, 4) is 0 Å². The van der Waals surface area contributed by atoms with E-state index in [0.717, 1.165) is 12.5 Å². The standard InChI is InChI=1S/C18H33NO/c1-14-6-10-18(19,15(2)12-14)16-7-11-20-17(13-16)8-4-3-5-9-17/h14-16H,3-13,19H2,1-2H3. The Morgan fingerprint density at radius 3 is 2.45 bits per heavy atom. The fraction of sp³-hybridized carbons (Fsp3) is 1.00. The van der Waals surface area contributed by atoms with Crippen molar-refractivity contribution in [3.05, 3.63) is 0 Å². The average molecular weight is 279 g/mol. The molecular weight excluding hydrogens is 246 g/mol. The maximum Gasteiger partial charge on any atom is 0.0685 e. The van der Waals surface area contributed by atoms with Gasteiger partial charge in [0.1, 0.15) is 0 Å². The maximum atomic E-state index is 6.97. The molecule has 1 spiro atoms. The summed E-state index contributed by atoms with van der Waals surface area (Å²) >= 11 is 0. The molecule has 4 atom stereocenters. The zero-order valence-corrected chi connectivity index (χ0v) is 13.5. The van der Waals surface area contributed by atoms with Gasteiger partial charge in [-0.15, -0.1) is 0 Å². The van der Waals surface area contributed by atoms with Gasteiger partial charge in [-0.3, -0.25) is 0 Å². The lowest BCUT2D eigenvalue weighted by atomic mass is 9.60. The Morgan fingerprint density at radius 1 is 1.00 bits per heavy atom. The molecule has 1 aliphatic heterocycles. The third kappa shape index (κ3) is 2.66. The van der Waals surface area contributed by atoms with Crippen molar-refractivity contribution in [3.63, 3.8) is 0 Å². The van der Waals surface area contributed by atoms with Crippen molar-refractivity contribution in [1.82, 2.24) is 0 Å². The van der Waals surface area contributed by atoms with Crippen molar-refractivity contribution in [2.24, 2.45) is 23.5 Å². The molecule has 0 bridgehead atoms. The van der Waals surface area contributed by atoms with Crippen molar-refractivity contribution in [2.75, 3.05) is 6.61 Å². The van der Waals surface area contributed by atoms with Gasteiger partial charge in [-0.1, -0.05) is 33.1 Å². The third-order valence-electron chi connectivity index (χ3n) is 6.76. The molecule has 116 valence electrons. The van der Waals surface area contributed by atoms with Crippen molar-refractivity contribution < 1.29 is 4.74 Å². The van der Waals surface area contributed by atoms with Crippen LogP contribution in [0.3, 0.4) is 0 Å². The van der Waals surface area contributed by atoms with E-state index in [1.807, 2.05) is 0 Å². The molecule has 20 heavy (non-hydrogen) atoms. The molecule has 0 aromatic carbocycles. The summed E-state index contributed by atoms with van der Waals surface area (Å²) in [6.45, 7) is 5.74. The van der Waals surface area contributed by atoms with Crippen molar-refractivity contribution in [2.45, 2.75) is 89.2 Å². The first-order valence-corrected chi connectivity index (χ1v) is 8.97. The van der Waals surface area contributed by atoms with Gasteiger partial charge in [0, 0.05) is 12.1 Å². The number of hydrogen-bond donors (Lipinski definition) is 1. The lowest BCUT2D eigenvalue weighted by Crippen LogP contribution is -2.59. The average Bonchev–Trinajstić information content (AvgIpc) is 2.44. The first-order chi connectivity index (χ1) is 9.54. The molecule has 0 aromatic rings. The normalized spacial score (nSPS) is 45.5. The Morgan fingerprint density at radius 2 is 1.75 bits per heavy atom. The van der Waals surface area contributed by atoms with E-state index in [-0.39, 0.29) is 11.1 Å². The van der Waals surface area contributed by atoms with Gasteiger partial charge in [-0.05, 0) is 62.7 Å². The number of ether oxygens (including phenoxy) is 1. The number of nitrogens with two attached hydrogens (primary N) is 1. The minimum Gasteiger partial charge on any atom is -0.375 e. The summed E-state index contributed by atoms with van der Waals surface area (Å²) in [5.74, 6) is 2.23. The summed E-state index contributed by atoms with van der Waals surface area (Å²) in [7, 11) is 0. The molecule has 1 saturated heterocycles. The molecule has 0 amide bonds. The van der Waals surface area contributed by atoms with Gasteiger partial charge >= 0.3 is 0 Å². The van der Waals surface area contributed by atoms with Crippen molar-refractivity contribution in [1.29, 1.82) is 0 Å². The zero-order valence-electron chi connectivity index (χ0n) is 13.5. The van der Waals surface area contributed by atoms with Crippen LogP contribution >= 0.6 is 0 Å². The lowest BCUT2D eigenvalue weighted by molar-refractivity contribution is -0.134. The van der Waals surface area contributed by atoms with Crippen LogP contribution in [0.25, 0.3) is 0 Å². The Hall–Kier alpha value is -0.0800.